The molecule has 0 amide bonds. The third-order valence-corrected chi connectivity index (χ3v) is 1.50. The van der Waals surface area contributed by atoms with E-state index in [-0.39, 0.29) is 5.96 Å². The summed E-state index contributed by atoms with van der Waals surface area (Å²) in [5, 5.41) is 9.16. The molecule has 6 nitrogen and oxygen atoms in total. The first-order chi connectivity index (χ1) is 6.16. The zero-order chi connectivity index (χ0) is 10.1. The number of nitrogens with zero attached hydrogens (tertiary/aromatic N) is 2. The fraction of sp³-hybridized carbons (Fsp3) is 0.857. The SMILES string of the molecule is CCCCCCN=C(N)N[N+](=O)[O-]. The maximum Gasteiger partial charge on any atom is 0.251 e. The van der Waals surface area contributed by atoms with Crippen LogP contribution in [0.4, 0.5) is 0 Å². The number of nitrogens with two attached hydrogens (primary N) is 1. The van der Waals surface area contributed by atoms with E-state index >= 15 is 0 Å². The summed E-state index contributed by atoms with van der Waals surface area (Å²) in [5.41, 5.74) is 6.97. The molecule has 0 saturated carbocycles. The van der Waals surface area contributed by atoms with Gasteiger partial charge in [-0.3, -0.25) is 0 Å². The van der Waals surface area contributed by atoms with Crippen LogP contribution >= 0.6 is 0 Å². The second-order valence-electron chi connectivity index (χ2n) is 2.70. The zero-order valence-electron chi connectivity index (χ0n) is 7.82. The second kappa shape index (κ2) is 7.33. The van der Waals surface area contributed by atoms with E-state index in [2.05, 4.69) is 11.9 Å². The minimum Gasteiger partial charge on any atom is -0.365 e. The Morgan fingerprint density at radius 3 is 2.77 bits per heavy atom. The van der Waals surface area contributed by atoms with E-state index in [0.717, 1.165) is 25.7 Å². The highest BCUT2D eigenvalue weighted by Gasteiger charge is 1.96. The molecule has 0 aromatic heterocycles. The summed E-state index contributed by atoms with van der Waals surface area (Å²) in [6, 6.07) is 0. The van der Waals surface area contributed by atoms with Crippen molar-refractivity contribution in [1.82, 2.24) is 5.43 Å². The van der Waals surface area contributed by atoms with Gasteiger partial charge in [0.2, 0.25) is 0 Å². The topological polar surface area (TPSA) is 93.5 Å². The number of hydrogen-bond donors (Lipinski definition) is 2. The first kappa shape index (κ1) is 11.7. The van der Waals surface area contributed by atoms with Crippen LogP contribution < -0.4 is 11.2 Å². The molecule has 0 atom stereocenters. The van der Waals surface area contributed by atoms with E-state index in [9.17, 15) is 10.1 Å². The Morgan fingerprint density at radius 2 is 2.23 bits per heavy atom. The van der Waals surface area contributed by atoms with Gasteiger partial charge in [0.05, 0.1) is 0 Å². The van der Waals surface area contributed by atoms with Gasteiger partial charge >= 0.3 is 0 Å². The fourth-order valence-corrected chi connectivity index (χ4v) is 0.867. The van der Waals surface area contributed by atoms with E-state index in [1.165, 1.54) is 0 Å². The molecule has 0 aromatic rings. The molecular weight excluding hydrogens is 172 g/mol. The molecule has 3 N–H and O–H groups in total. The highest BCUT2D eigenvalue weighted by molar-refractivity contribution is 5.76. The second-order valence-corrected chi connectivity index (χ2v) is 2.70. The lowest BCUT2D eigenvalue weighted by Crippen LogP contribution is -2.36. The number of unbranched alkanes of at least 4 members (excludes halogenated alkanes) is 3. The molecule has 0 fully saturated rings. The largest absolute Gasteiger partial charge is 0.365 e. The zero-order valence-corrected chi connectivity index (χ0v) is 7.82. The maximum absolute atomic E-state index is 9.88. The monoisotopic (exact) mass is 188 g/mol. The molecule has 0 radical (unpaired) electrons. The van der Waals surface area contributed by atoms with E-state index in [1.807, 2.05) is 0 Å². The van der Waals surface area contributed by atoms with Gasteiger partial charge in [-0.2, -0.15) is 0 Å². The van der Waals surface area contributed by atoms with Crippen LogP contribution in [0.3, 0.4) is 0 Å². The van der Waals surface area contributed by atoms with Gasteiger partial charge in [0.15, 0.2) is 5.03 Å². The molecule has 0 saturated heterocycles. The number of hydrogen-bond acceptors (Lipinski definition) is 3. The van der Waals surface area contributed by atoms with Crippen LogP contribution in [0.1, 0.15) is 32.6 Å². The van der Waals surface area contributed by atoms with Crippen LogP contribution in [0.5, 0.6) is 0 Å². The smallest absolute Gasteiger partial charge is 0.251 e. The summed E-state index contributed by atoms with van der Waals surface area (Å²) in [7, 11) is 0. The van der Waals surface area contributed by atoms with Crippen molar-refractivity contribution in [3.63, 3.8) is 0 Å². The lowest BCUT2D eigenvalue weighted by Gasteiger charge is -1.97. The third-order valence-electron chi connectivity index (χ3n) is 1.50. The van der Waals surface area contributed by atoms with Crippen molar-refractivity contribution in [3.05, 3.63) is 10.1 Å². The Bertz CT molecular complexity index is 181. The van der Waals surface area contributed by atoms with E-state index in [0.29, 0.717) is 6.54 Å². The van der Waals surface area contributed by atoms with Gasteiger partial charge in [-0.15, -0.1) is 0 Å². The molecule has 0 unspecified atom stereocenters. The van der Waals surface area contributed by atoms with Gasteiger partial charge < -0.3 is 5.73 Å². The molecule has 13 heavy (non-hydrogen) atoms. The molecule has 0 spiro atoms. The van der Waals surface area contributed by atoms with Crippen LogP contribution in [-0.2, 0) is 0 Å². The van der Waals surface area contributed by atoms with Crippen LogP contribution in [0.15, 0.2) is 4.99 Å². The van der Waals surface area contributed by atoms with Gasteiger partial charge in [-0.25, -0.2) is 15.1 Å². The minimum absolute atomic E-state index is 0.124. The molecule has 0 aromatic carbocycles. The normalized spacial score (nSPS) is 11.3. The quantitative estimate of drug-likeness (QED) is 0.210. The number of nitro groups is 1. The number of nitrogens with one attached hydrogen (secondary N) is 1. The molecular formula is C7H16N4O2. The lowest BCUT2D eigenvalue weighted by molar-refractivity contribution is -0.525. The fourth-order valence-electron chi connectivity index (χ4n) is 0.867. The van der Waals surface area contributed by atoms with Crippen molar-refractivity contribution >= 4 is 5.96 Å². The third kappa shape index (κ3) is 8.58. The lowest BCUT2D eigenvalue weighted by atomic mass is 10.2. The summed E-state index contributed by atoms with van der Waals surface area (Å²) in [5.74, 6) is -0.124. The Balaban J connectivity index is 3.42. The molecule has 0 rings (SSSR count). The molecule has 0 aliphatic heterocycles. The highest BCUT2D eigenvalue weighted by atomic mass is 16.7. The molecule has 76 valence electrons. The summed E-state index contributed by atoms with van der Waals surface area (Å²) in [6.07, 6.45) is 4.34. The van der Waals surface area contributed by atoms with Crippen molar-refractivity contribution in [1.29, 1.82) is 0 Å². The Kier molecular flexibility index (Phi) is 6.58. The van der Waals surface area contributed by atoms with E-state index in [1.54, 1.807) is 5.43 Å². The molecule has 0 aliphatic rings. The number of hydrazine groups is 1. The molecule has 0 aliphatic carbocycles. The standard InChI is InChI=1S/C7H16N4O2/c1-2-3-4-5-6-9-7(8)10-11(12)13/h2-6H2,1H3,(H3,8,9,10). The van der Waals surface area contributed by atoms with Gasteiger partial charge in [0.1, 0.15) is 0 Å². The van der Waals surface area contributed by atoms with Crippen LogP contribution in [0, 0.1) is 10.1 Å². The van der Waals surface area contributed by atoms with Gasteiger partial charge in [0.25, 0.3) is 5.96 Å². The molecule has 0 bridgehead atoms. The first-order valence-corrected chi connectivity index (χ1v) is 4.37. The van der Waals surface area contributed by atoms with E-state index in [4.69, 9.17) is 5.73 Å². The minimum atomic E-state index is -0.717. The Morgan fingerprint density at radius 1 is 1.54 bits per heavy atom. The van der Waals surface area contributed by atoms with Crippen molar-refractivity contribution in [2.24, 2.45) is 10.7 Å². The van der Waals surface area contributed by atoms with Crippen LogP contribution in [0.2, 0.25) is 0 Å². The number of aliphatic imine (C=N–C) groups is 1. The summed E-state index contributed by atoms with van der Waals surface area (Å²) in [4.78, 5) is 13.7. The van der Waals surface area contributed by atoms with Gasteiger partial charge in [-0.1, -0.05) is 31.6 Å². The van der Waals surface area contributed by atoms with Crippen LogP contribution in [0.25, 0.3) is 0 Å². The van der Waals surface area contributed by atoms with Gasteiger partial charge in [0, 0.05) is 6.54 Å². The highest BCUT2D eigenvalue weighted by Crippen LogP contribution is 1.98. The van der Waals surface area contributed by atoms with E-state index < -0.39 is 5.03 Å². The molecule has 6 heteroatoms. The van der Waals surface area contributed by atoms with Crippen molar-refractivity contribution in [2.45, 2.75) is 32.6 Å². The van der Waals surface area contributed by atoms with Crippen molar-refractivity contribution < 1.29 is 5.03 Å². The van der Waals surface area contributed by atoms with Crippen molar-refractivity contribution in [3.8, 4) is 0 Å². The van der Waals surface area contributed by atoms with Crippen LogP contribution in [-0.4, -0.2) is 17.5 Å². The number of rotatable bonds is 6. The summed E-state index contributed by atoms with van der Waals surface area (Å²) in [6.45, 7) is 2.67. The Hall–Kier alpha value is -1.33. The van der Waals surface area contributed by atoms with Crippen molar-refractivity contribution in [2.75, 3.05) is 6.54 Å². The summed E-state index contributed by atoms with van der Waals surface area (Å²) >= 11 is 0. The predicted molar refractivity (Wildman–Crippen MR) is 50.8 cm³/mol. The number of guanidine groups is 1. The van der Waals surface area contributed by atoms with Gasteiger partial charge in [-0.05, 0) is 6.42 Å². The first-order valence-electron chi connectivity index (χ1n) is 4.37. The molecule has 0 heterocycles. The summed E-state index contributed by atoms with van der Waals surface area (Å²) < 4.78 is 0. The Labute approximate surface area is 77.3 Å². The predicted octanol–water partition coefficient (Wildman–Crippen LogP) is 0.663. The average molecular weight is 188 g/mol. The maximum atomic E-state index is 9.88. The average Bonchev–Trinajstić information content (AvgIpc) is 2.02.